The highest BCUT2D eigenvalue weighted by molar-refractivity contribution is 7.13. The second-order valence-corrected chi connectivity index (χ2v) is 17.0. The van der Waals surface area contributed by atoms with Crippen molar-refractivity contribution >= 4 is 113 Å². The van der Waals surface area contributed by atoms with Crippen LogP contribution in [0.25, 0.3) is 76.1 Å². The molecule has 2 atom stereocenters. The molecule has 0 saturated carbocycles. The van der Waals surface area contributed by atoms with E-state index in [1.165, 1.54) is 0 Å². The topological polar surface area (TPSA) is 109 Å². The van der Waals surface area contributed by atoms with Crippen LogP contribution >= 0.6 is 69.1 Å². The summed E-state index contributed by atoms with van der Waals surface area (Å²) >= 11 is 31.5. The number of benzene rings is 4. The molecular weight excluding hydrogens is 846 g/mol. The molecule has 0 fully saturated rings. The number of hydrogen-bond donors (Lipinski definition) is 0. The van der Waals surface area contributed by atoms with Crippen LogP contribution in [0.15, 0.2) is 121 Å². The highest BCUT2D eigenvalue weighted by atomic mass is 35.5. The summed E-state index contributed by atoms with van der Waals surface area (Å²) < 4.78 is 3.69. The number of fused-ring (bicyclic) bond motifs is 6. The first-order valence-electron chi connectivity index (χ1n) is 17.7. The fourth-order valence-electron chi connectivity index (χ4n) is 7.59. The number of aromatic nitrogens is 6. The number of rotatable bonds is 7. The fourth-order valence-corrected chi connectivity index (χ4v) is 10.4. The van der Waals surface area contributed by atoms with Crippen LogP contribution in [0.1, 0.15) is 23.0 Å². The van der Waals surface area contributed by atoms with E-state index in [0.717, 1.165) is 53.7 Å². The minimum Gasteiger partial charge on any atom is -0.295 e. The molecule has 0 aliphatic carbocycles. The molecule has 0 N–H and O–H groups in total. The van der Waals surface area contributed by atoms with Gasteiger partial charge in [-0.2, -0.15) is 10.5 Å². The van der Waals surface area contributed by atoms with Gasteiger partial charge >= 0.3 is 0 Å². The molecule has 10 rings (SSSR count). The Hall–Kier alpha value is -5.82. The Morgan fingerprint density at radius 3 is 1.29 bits per heavy atom. The van der Waals surface area contributed by atoms with Gasteiger partial charge in [0.05, 0.1) is 89.9 Å². The third-order valence-corrected chi connectivity index (χ3v) is 13.2. The monoisotopic (exact) mass is 866 g/mol. The zero-order valence-electron chi connectivity index (χ0n) is 29.6. The molecule has 6 heterocycles. The number of halogens is 4. The molecule has 278 valence electrons. The number of nitriles is 2. The van der Waals surface area contributed by atoms with Crippen LogP contribution in [0, 0.1) is 22.7 Å². The van der Waals surface area contributed by atoms with Crippen molar-refractivity contribution in [1.82, 2.24) is 29.1 Å². The van der Waals surface area contributed by atoms with E-state index in [1.807, 2.05) is 56.3 Å². The third-order valence-electron chi connectivity index (χ3n) is 10.2. The van der Waals surface area contributed by atoms with Gasteiger partial charge in [-0.15, -0.1) is 22.7 Å². The molecule has 0 amide bonds. The predicted octanol–water partition coefficient (Wildman–Crippen LogP) is 13.4. The second-order valence-electron chi connectivity index (χ2n) is 13.5. The van der Waals surface area contributed by atoms with Crippen LogP contribution in [-0.2, 0) is 0 Å². The average molecular weight is 869 g/mol. The SMILES string of the molecule is N#CC(c1cc(Cl)c(-n2cnc3cnc4ccc(-c5cccs5)cc4c32)c(Cl)c1)C(C#N)c1cc(Cl)c(-n2cnc3cnc4ccc(-c5cccs5)cc4c32)c(Cl)c1. The average Bonchev–Trinajstić information content (AvgIpc) is 4.07. The smallest absolute Gasteiger partial charge is 0.108 e. The van der Waals surface area contributed by atoms with Crippen molar-refractivity contribution in [1.29, 1.82) is 10.5 Å². The molecule has 10 aromatic rings. The fraction of sp³-hybridized carbons (Fsp3) is 0.0455. The van der Waals surface area contributed by atoms with E-state index in [1.54, 1.807) is 72.0 Å². The Kier molecular flexibility index (Phi) is 9.15. The molecule has 2 unspecified atom stereocenters. The van der Waals surface area contributed by atoms with Gasteiger partial charge in [-0.1, -0.05) is 70.7 Å². The van der Waals surface area contributed by atoms with Gasteiger partial charge in [-0.25, -0.2) is 9.97 Å². The summed E-state index contributed by atoms with van der Waals surface area (Å²) in [5.74, 6) is -1.96. The lowest BCUT2D eigenvalue weighted by Crippen LogP contribution is -2.10. The second kappa shape index (κ2) is 14.5. The molecule has 0 aliphatic heterocycles. The maximum atomic E-state index is 10.6. The first kappa shape index (κ1) is 36.5. The summed E-state index contributed by atoms with van der Waals surface area (Å²) in [6, 6.07) is 31.7. The zero-order chi connectivity index (χ0) is 39.7. The quantitative estimate of drug-likeness (QED) is 0.158. The van der Waals surface area contributed by atoms with E-state index in [0.29, 0.717) is 33.5 Å². The summed E-state index contributed by atoms with van der Waals surface area (Å²) in [6.07, 6.45) is 6.76. The Bertz CT molecular complexity index is 3070. The summed E-state index contributed by atoms with van der Waals surface area (Å²) in [5.41, 5.74) is 8.49. The third kappa shape index (κ3) is 6.00. The zero-order valence-corrected chi connectivity index (χ0v) is 34.3. The van der Waals surface area contributed by atoms with E-state index in [9.17, 15) is 10.5 Å². The molecular formula is C44H22Cl4N8S2. The van der Waals surface area contributed by atoms with Gasteiger partial charge in [0.25, 0.3) is 0 Å². The Morgan fingerprint density at radius 1 is 0.517 bits per heavy atom. The molecule has 0 spiro atoms. The molecule has 8 nitrogen and oxygen atoms in total. The van der Waals surface area contributed by atoms with Gasteiger partial charge in [0.1, 0.15) is 23.7 Å². The number of hydrogen-bond acceptors (Lipinski definition) is 8. The van der Waals surface area contributed by atoms with Gasteiger partial charge in [0, 0.05) is 20.5 Å². The first-order valence-corrected chi connectivity index (χ1v) is 21.0. The van der Waals surface area contributed by atoms with Crippen LogP contribution in [-0.4, -0.2) is 29.1 Å². The maximum Gasteiger partial charge on any atom is 0.108 e. The predicted molar refractivity (Wildman–Crippen MR) is 236 cm³/mol. The lowest BCUT2D eigenvalue weighted by atomic mass is 9.83. The van der Waals surface area contributed by atoms with E-state index < -0.39 is 11.8 Å². The van der Waals surface area contributed by atoms with Crippen molar-refractivity contribution in [3.05, 3.63) is 152 Å². The van der Waals surface area contributed by atoms with Gasteiger partial charge in [-0.05, 0) is 93.7 Å². The van der Waals surface area contributed by atoms with E-state index in [2.05, 4.69) is 56.3 Å². The Labute approximate surface area is 358 Å². The van der Waals surface area contributed by atoms with Crippen LogP contribution < -0.4 is 0 Å². The summed E-state index contributed by atoms with van der Waals surface area (Å²) in [4.78, 5) is 20.7. The van der Waals surface area contributed by atoms with Crippen molar-refractivity contribution < 1.29 is 0 Å². The molecule has 0 saturated heterocycles. The van der Waals surface area contributed by atoms with Crippen molar-refractivity contribution in [2.75, 3.05) is 0 Å². The molecule has 0 radical (unpaired) electrons. The largest absolute Gasteiger partial charge is 0.295 e. The van der Waals surface area contributed by atoms with Gasteiger partial charge < -0.3 is 0 Å². The van der Waals surface area contributed by atoms with Crippen molar-refractivity contribution in [2.24, 2.45) is 0 Å². The number of imidazole rings is 2. The Balaban J connectivity index is 1.03. The standard InChI is InChI=1S/C44H22Cl4N8S2/c45-31-13-25(14-32(46)43(31)55-21-53-37-19-51-35-7-5-23(11-27(35)41(37)55)39-3-1-9-57-39)29(17-49)30(18-50)26-15-33(47)44(34(48)16-26)56-22-54-38-20-52-36-8-6-24(12-28(36)42(38)56)40-4-2-10-58-40/h1-16,19-22,29-30H. The van der Waals surface area contributed by atoms with E-state index in [-0.39, 0.29) is 20.1 Å². The van der Waals surface area contributed by atoms with Crippen molar-refractivity contribution in [3.8, 4) is 44.4 Å². The van der Waals surface area contributed by atoms with E-state index >= 15 is 0 Å². The summed E-state index contributed by atoms with van der Waals surface area (Å²) in [5, 5.41) is 28.2. The number of thiophene rings is 2. The summed E-state index contributed by atoms with van der Waals surface area (Å²) in [7, 11) is 0. The molecule has 58 heavy (non-hydrogen) atoms. The number of nitrogens with zero attached hydrogens (tertiary/aromatic N) is 8. The van der Waals surface area contributed by atoms with Crippen molar-refractivity contribution in [2.45, 2.75) is 11.8 Å². The Morgan fingerprint density at radius 2 is 0.931 bits per heavy atom. The van der Waals surface area contributed by atoms with Crippen molar-refractivity contribution in [3.63, 3.8) is 0 Å². The number of pyridine rings is 2. The molecule has 0 aliphatic rings. The summed E-state index contributed by atoms with van der Waals surface area (Å²) in [6.45, 7) is 0. The van der Waals surface area contributed by atoms with Crippen LogP contribution in [0.3, 0.4) is 0 Å². The van der Waals surface area contributed by atoms with Gasteiger partial charge in [0.2, 0.25) is 0 Å². The molecule has 0 bridgehead atoms. The highest BCUT2D eigenvalue weighted by Crippen LogP contribution is 2.43. The van der Waals surface area contributed by atoms with Crippen LogP contribution in [0.4, 0.5) is 0 Å². The lowest BCUT2D eigenvalue weighted by Gasteiger charge is -2.20. The molecule has 4 aromatic carbocycles. The first-order chi connectivity index (χ1) is 28.3. The lowest BCUT2D eigenvalue weighted by molar-refractivity contribution is 0.760. The minimum atomic E-state index is -0.982. The maximum absolute atomic E-state index is 10.6. The van der Waals surface area contributed by atoms with Gasteiger partial charge in [-0.3, -0.25) is 19.1 Å². The van der Waals surface area contributed by atoms with Crippen LogP contribution in [0.2, 0.25) is 20.1 Å². The molecule has 6 aromatic heterocycles. The highest BCUT2D eigenvalue weighted by Gasteiger charge is 2.29. The molecule has 14 heteroatoms. The van der Waals surface area contributed by atoms with Crippen LogP contribution in [0.5, 0.6) is 0 Å². The van der Waals surface area contributed by atoms with E-state index in [4.69, 9.17) is 46.4 Å². The normalized spacial score (nSPS) is 12.7. The van der Waals surface area contributed by atoms with Gasteiger partial charge in [0.15, 0.2) is 0 Å². The minimum absolute atomic E-state index is 0.278.